The number of nitrogens with zero attached hydrogens (tertiary/aromatic N) is 3. The highest BCUT2D eigenvalue weighted by Crippen LogP contribution is 2.26. The number of hydrogen-bond acceptors (Lipinski definition) is 4. The molecule has 0 amide bonds. The molecule has 0 aliphatic carbocycles. The molecule has 0 saturated heterocycles. The SMILES string of the molecule is Fc1ccc2sc(NCCCn3cccn3)nc2c1. The fourth-order valence-electron chi connectivity index (χ4n) is 1.85. The summed E-state index contributed by atoms with van der Waals surface area (Å²) in [4.78, 5) is 4.35. The number of nitrogens with one attached hydrogen (secondary N) is 1. The van der Waals surface area contributed by atoms with Crippen molar-refractivity contribution in [2.75, 3.05) is 11.9 Å². The van der Waals surface area contributed by atoms with Crippen LogP contribution in [0.4, 0.5) is 9.52 Å². The first-order valence-electron chi connectivity index (χ1n) is 6.09. The first-order valence-corrected chi connectivity index (χ1v) is 6.90. The molecule has 98 valence electrons. The third-order valence-corrected chi connectivity index (χ3v) is 3.74. The molecular weight excluding hydrogens is 263 g/mol. The number of aryl methyl sites for hydroxylation is 1. The number of fused-ring (bicyclic) bond motifs is 1. The molecule has 0 unspecified atom stereocenters. The quantitative estimate of drug-likeness (QED) is 0.728. The molecule has 0 aliphatic heterocycles. The molecule has 0 bridgehead atoms. The zero-order valence-electron chi connectivity index (χ0n) is 10.2. The first-order chi connectivity index (χ1) is 9.31. The molecule has 2 aromatic heterocycles. The molecule has 0 atom stereocenters. The van der Waals surface area contributed by atoms with E-state index in [0.29, 0.717) is 5.52 Å². The van der Waals surface area contributed by atoms with Crippen LogP contribution in [-0.4, -0.2) is 21.3 Å². The van der Waals surface area contributed by atoms with Gasteiger partial charge in [-0.1, -0.05) is 11.3 Å². The van der Waals surface area contributed by atoms with Crippen molar-refractivity contribution < 1.29 is 4.39 Å². The van der Waals surface area contributed by atoms with Gasteiger partial charge in [0.1, 0.15) is 5.82 Å². The van der Waals surface area contributed by atoms with Crippen LogP contribution in [0.15, 0.2) is 36.7 Å². The average Bonchev–Trinajstić information content (AvgIpc) is 3.02. The Balaban J connectivity index is 1.56. The third kappa shape index (κ3) is 2.90. The number of thiazole rings is 1. The predicted molar refractivity (Wildman–Crippen MR) is 74.9 cm³/mol. The standard InChI is InChI=1S/C13H13FN4S/c14-10-3-4-12-11(9-10)17-13(19-12)15-5-1-7-18-8-2-6-16-18/h2-4,6,8-9H,1,5,7H2,(H,15,17). The molecule has 6 heteroatoms. The lowest BCUT2D eigenvalue weighted by molar-refractivity contribution is 0.592. The van der Waals surface area contributed by atoms with Crippen LogP contribution in [0, 0.1) is 5.82 Å². The van der Waals surface area contributed by atoms with Crippen molar-refractivity contribution >= 4 is 26.7 Å². The van der Waals surface area contributed by atoms with Crippen molar-refractivity contribution in [3.63, 3.8) is 0 Å². The second-order valence-electron chi connectivity index (χ2n) is 4.18. The molecule has 2 heterocycles. The van der Waals surface area contributed by atoms with Crippen LogP contribution < -0.4 is 5.32 Å². The Labute approximate surface area is 113 Å². The van der Waals surface area contributed by atoms with Crippen LogP contribution in [0.5, 0.6) is 0 Å². The summed E-state index contributed by atoms with van der Waals surface area (Å²) in [6, 6.07) is 6.59. The summed E-state index contributed by atoms with van der Waals surface area (Å²) in [5.74, 6) is -0.247. The second-order valence-corrected chi connectivity index (χ2v) is 5.21. The van der Waals surface area contributed by atoms with Crippen LogP contribution >= 0.6 is 11.3 Å². The van der Waals surface area contributed by atoms with Gasteiger partial charge in [0.05, 0.1) is 10.2 Å². The zero-order chi connectivity index (χ0) is 13.1. The van der Waals surface area contributed by atoms with E-state index in [9.17, 15) is 4.39 Å². The minimum Gasteiger partial charge on any atom is -0.361 e. The molecule has 19 heavy (non-hydrogen) atoms. The fraction of sp³-hybridized carbons (Fsp3) is 0.231. The Morgan fingerprint density at radius 2 is 2.32 bits per heavy atom. The van der Waals surface area contributed by atoms with E-state index in [2.05, 4.69) is 15.4 Å². The van der Waals surface area contributed by atoms with Gasteiger partial charge in [-0.2, -0.15) is 5.10 Å². The molecule has 4 nitrogen and oxygen atoms in total. The van der Waals surface area contributed by atoms with Crippen molar-refractivity contribution in [3.05, 3.63) is 42.5 Å². The summed E-state index contributed by atoms with van der Waals surface area (Å²) in [6.07, 6.45) is 4.68. The lowest BCUT2D eigenvalue weighted by Crippen LogP contribution is -2.06. The summed E-state index contributed by atoms with van der Waals surface area (Å²) in [5.41, 5.74) is 0.708. The first kappa shape index (κ1) is 12.1. The lowest BCUT2D eigenvalue weighted by Gasteiger charge is -2.02. The smallest absolute Gasteiger partial charge is 0.183 e. The Bertz CT molecular complexity index is 662. The van der Waals surface area contributed by atoms with Crippen LogP contribution in [0.1, 0.15) is 6.42 Å². The highest BCUT2D eigenvalue weighted by molar-refractivity contribution is 7.22. The topological polar surface area (TPSA) is 42.7 Å². The molecule has 3 aromatic rings. The maximum atomic E-state index is 13.0. The van der Waals surface area contributed by atoms with E-state index < -0.39 is 0 Å². The molecule has 0 spiro atoms. The largest absolute Gasteiger partial charge is 0.361 e. The number of anilines is 1. The van der Waals surface area contributed by atoms with Gasteiger partial charge in [-0.25, -0.2) is 9.37 Å². The fourth-order valence-corrected chi connectivity index (χ4v) is 2.72. The molecule has 3 rings (SSSR count). The monoisotopic (exact) mass is 276 g/mol. The second kappa shape index (κ2) is 5.36. The summed E-state index contributed by atoms with van der Waals surface area (Å²) in [7, 11) is 0. The van der Waals surface area contributed by atoms with Crippen molar-refractivity contribution in [3.8, 4) is 0 Å². The lowest BCUT2D eigenvalue weighted by atomic mass is 10.3. The number of hydrogen-bond donors (Lipinski definition) is 1. The Kier molecular flexibility index (Phi) is 3.41. The van der Waals surface area contributed by atoms with Gasteiger partial charge in [-0.05, 0) is 24.6 Å². The third-order valence-electron chi connectivity index (χ3n) is 2.75. The number of benzene rings is 1. The maximum absolute atomic E-state index is 13.0. The number of halogens is 1. The highest BCUT2D eigenvalue weighted by atomic mass is 32.1. The van der Waals surface area contributed by atoms with Crippen LogP contribution in [0.25, 0.3) is 10.2 Å². The molecule has 0 aliphatic rings. The minimum absolute atomic E-state index is 0.247. The maximum Gasteiger partial charge on any atom is 0.183 e. The van der Waals surface area contributed by atoms with E-state index in [1.165, 1.54) is 12.1 Å². The van der Waals surface area contributed by atoms with E-state index in [-0.39, 0.29) is 5.82 Å². The molecular formula is C13H13FN4S. The summed E-state index contributed by atoms with van der Waals surface area (Å²) in [5, 5.41) is 8.23. The molecule has 0 radical (unpaired) electrons. The van der Waals surface area contributed by atoms with Gasteiger partial charge in [0.15, 0.2) is 5.13 Å². The zero-order valence-corrected chi connectivity index (χ0v) is 11.0. The molecule has 1 aromatic carbocycles. The molecule has 1 N–H and O–H groups in total. The van der Waals surface area contributed by atoms with E-state index in [1.54, 1.807) is 23.6 Å². The Hall–Kier alpha value is -1.95. The summed E-state index contributed by atoms with van der Waals surface area (Å²) < 4.78 is 15.9. The van der Waals surface area contributed by atoms with Gasteiger partial charge in [0, 0.05) is 31.5 Å². The Morgan fingerprint density at radius 3 is 3.16 bits per heavy atom. The molecule has 0 fully saturated rings. The summed E-state index contributed by atoms with van der Waals surface area (Å²) >= 11 is 1.54. The van der Waals surface area contributed by atoms with Gasteiger partial charge in [0.2, 0.25) is 0 Å². The predicted octanol–water partition coefficient (Wildman–Crippen LogP) is 3.13. The minimum atomic E-state index is -0.247. The van der Waals surface area contributed by atoms with E-state index in [1.807, 2.05) is 16.9 Å². The van der Waals surface area contributed by atoms with Crippen molar-refractivity contribution in [1.29, 1.82) is 0 Å². The van der Waals surface area contributed by atoms with Gasteiger partial charge >= 0.3 is 0 Å². The van der Waals surface area contributed by atoms with Gasteiger partial charge in [-0.15, -0.1) is 0 Å². The normalized spacial score (nSPS) is 11.0. The Morgan fingerprint density at radius 1 is 1.37 bits per heavy atom. The highest BCUT2D eigenvalue weighted by Gasteiger charge is 2.04. The van der Waals surface area contributed by atoms with E-state index in [0.717, 1.165) is 29.3 Å². The number of aromatic nitrogens is 3. The van der Waals surface area contributed by atoms with Crippen molar-refractivity contribution in [2.24, 2.45) is 0 Å². The summed E-state index contributed by atoms with van der Waals surface area (Å²) in [6.45, 7) is 1.70. The van der Waals surface area contributed by atoms with E-state index >= 15 is 0 Å². The average molecular weight is 276 g/mol. The van der Waals surface area contributed by atoms with Crippen LogP contribution in [0.2, 0.25) is 0 Å². The van der Waals surface area contributed by atoms with Gasteiger partial charge < -0.3 is 5.32 Å². The van der Waals surface area contributed by atoms with Crippen LogP contribution in [0.3, 0.4) is 0 Å². The van der Waals surface area contributed by atoms with Crippen LogP contribution in [-0.2, 0) is 6.54 Å². The van der Waals surface area contributed by atoms with Crippen molar-refractivity contribution in [2.45, 2.75) is 13.0 Å². The van der Waals surface area contributed by atoms with Crippen molar-refractivity contribution in [1.82, 2.24) is 14.8 Å². The van der Waals surface area contributed by atoms with Gasteiger partial charge in [-0.3, -0.25) is 4.68 Å². The van der Waals surface area contributed by atoms with Gasteiger partial charge in [0.25, 0.3) is 0 Å². The number of rotatable bonds is 5. The van der Waals surface area contributed by atoms with E-state index in [4.69, 9.17) is 0 Å². The molecule has 0 saturated carbocycles.